The molecule has 0 unspecified atom stereocenters. The van der Waals surface area contributed by atoms with Crippen LogP contribution in [0.5, 0.6) is 0 Å². The first-order chi connectivity index (χ1) is 19.1. The van der Waals surface area contributed by atoms with Crippen LogP contribution in [0, 0.1) is 45.3 Å². The fraction of sp³-hybridized carbons (Fsp3) is 0. The summed E-state index contributed by atoms with van der Waals surface area (Å²) in [6.07, 6.45) is 0. The molecule has 0 aliphatic heterocycles. The number of nitrogens with zero attached hydrogens (tertiary/aromatic N) is 5. The van der Waals surface area contributed by atoms with Crippen molar-refractivity contribution in [3.8, 4) is 52.2 Å². The molecule has 39 heavy (non-hydrogen) atoms. The molecule has 0 saturated heterocycles. The smallest absolute Gasteiger partial charge is 0.0992 e. The molecule has 0 aliphatic carbocycles. The van der Waals surface area contributed by atoms with Crippen molar-refractivity contribution in [2.24, 2.45) is 0 Å². The minimum atomic E-state index is 0.434. The predicted molar refractivity (Wildman–Crippen MR) is 151 cm³/mol. The van der Waals surface area contributed by atoms with E-state index in [1.807, 2.05) is 30.3 Å². The van der Waals surface area contributed by atoms with Gasteiger partial charge in [-0.05, 0) is 95.1 Å². The van der Waals surface area contributed by atoms with Gasteiger partial charge in [-0.15, -0.1) is 0 Å². The molecule has 0 bridgehead atoms. The minimum absolute atomic E-state index is 0.434. The Morgan fingerprint density at radius 1 is 0.410 bits per heavy atom. The number of hydrogen-bond acceptors (Lipinski definition) is 4. The zero-order valence-electron chi connectivity index (χ0n) is 20.6. The molecule has 0 atom stereocenters. The molecule has 0 fully saturated rings. The lowest BCUT2D eigenvalue weighted by Gasteiger charge is -2.09. The summed E-state index contributed by atoms with van der Waals surface area (Å²) in [5, 5.41) is 39.9. The molecular weight excluding hydrogens is 478 g/mol. The highest BCUT2D eigenvalue weighted by Crippen LogP contribution is 2.37. The van der Waals surface area contributed by atoms with E-state index in [4.69, 9.17) is 0 Å². The van der Waals surface area contributed by atoms with Crippen LogP contribution in [-0.2, 0) is 0 Å². The Morgan fingerprint density at radius 3 is 1.21 bits per heavy atom. The lowest BCUT2D eigenvalue weighted by molar-refractivity contribution is 1.18. The Hall–Kier alpha value is -6.14. The summed E-state index contributed by atoms with van der Waals surface area (Å²) in [5.41, 5.74) is 8.16. The van der Waals surface area contributed by atoms with E-state index < -0.39 is 0 Å². The Labute approximate surface area is 224 Å². The lowest BCUT2D eigenvalue weighted by atomic mass is 9.97. The number of fused-ring (bicyclic) bond motifs is 3. The average molecular weight is 496 g/mol. The summed E-state index contributed by atoms with van der Waals surface area (Å²) in [7, 11) is 0. The number of aromatic nitrogens is 1. The quantitative estimate of drug-likeness (QED) is 0.252. The van der Waals surface area contributed by atoms with E-state index >= 15 is 0 Å². The fourth-order valence-corrected chi connectivity index (χ4v) is 5.08. The molecule has 0 saturated carbocycles. The molecule has 5 heteroatoms. The molecule has 1 heterocycles. The molecule has 0 spiro atoms. The van der Waals surface area contributed by atoms with Crippen molar-refractivity contribution in [2.45, 2.75) is 0 Å². The highest BCUT2D eigenvalue weighted by atomic mass is 15.0. The molecule has 0 radical (unpaired) electrons. The first kappa shape index (κ1) is 23.3. The Morgan fingerprint density at radius 2 is 0.821 bits per heavy atom. The number of rotatable bonds is 3. The van der Waals surface area contributed by atoms with Crippen LogP contribution >= 0.6 is 0 Å². The summed E-state index contributed by atoms with van der Waals surface area (Å²) in [5.74, 6) is 0. The summed E-state index contributed by atoms with van der Waals surface area (Å²) in [6, 6.07) is 41.4. The van der Waals surface area contributed by atoms with Gasteiger partial charge in [-0.25, -0.2) is 0 Å². The van der Waals surface area contributed by atoms with E-state index in [0.29, 0.717) is 22.3 Å². The fourth-order valence-electron chi connectivity index (χ4n) is 5.08. The van der Waals surface area contributed by atoms with Crippen LogP contribution in [-0.4, -0.2) is 4.57 Å². The van der Waals surface area contributed by atoms with Crippen LogP contribution in [0.4, 0.5) is 0 Å². The van der Waals surface area contributed by atoms with Crippen LogP contribution in [0.25, 0.3) is 49.7 Å². The van der Waals surface area contributed by atoms with Crippen molar-refractivity contribution in [1.29, 1.82) is 21.0 Å². The SMILES string of the molecule is N#Cc1cc(C#N)cc(-c2ccc3c(c2)c2cc(-c4cc(C#N)cc(C#N)c4)ccc2n3-c2ccccc2)c1. The molecular formula is C34H17N5. The van der Waals surface area contributed by atoms with Gasteiger partial charge in [-0.3, -0.25) is 0 Å². The number of hydrogen-bond donors (Lipinski definition) is 0. The second-order valence-corrected chi connectivity index (χ2v) is 9.18. The molecule has 1 aromatic heterocycles. The van der Waals surface area contributed by atoms with Gasteiger partial charge in [0, 0.05) is 16.5 Å². The van der Waals surface area contributed by atoms with E-state index in [9.17, 15) is 21.0 Å². The van der Waals surface area contributed by atoms with E-state index in [2.05, 4.69) is 65.2 Å². The zero-order valence-corrected chi connectivity index (χ0v) is 20.6. The molecule has 0 amide bonds. The third kappa shape index (κ3) is 4.04. The van der Waals surface area contributed by atoms with Crippen LogP contribution in [0.15, 0.2) is 103 Å². The maximum Gasteiger partial charge on any atom is 0.0992 e. The Bertz CT molecular complexity index is 1910. The van der Waals surface area contributed by atoms with Crippen LogP contribution < -0.4 is 0 Å². The van der Waals surface area contributed by atoms with Gasteiger partial charge >= 0.3 is 0 Å². The van der Waals surface area contributed by atoms with Gasteiger partial charge in [0.2, 0.25) is 0 Å². The van der Waals surface area contributed by atoms with Gasteiger partial charge in [0.05, 0.1) is 57.6 Å². The molecule has 5 aromatic carbocycles. The van der Waals surface area contributed by atoms with Crippen molar-refractivity contribution < 1.29 is 0 Å². The van der Waals surface area contributed by atoms with E-state index in [-0.39, 0.29) is 0 Å². The van der Waals surface area contributed by atoms with Crippen LogP contribution in [0.1, 0.15) is 22.3 Å². The van der Waals surface area contributed by atoms with Gasteiger partial charge in [0.1, 0.15) is 0 Å². The number of nitriles is 4. The second kappa shape index (κ2) is 9.38. The zero-order chi connectivity index (χ0) is 26.9. The minimum Gasteiger partial charge on any atom is -0.309 e. The first-order valence-corrected chi connectivity index (χ1v) is 12.2. The van der Waals surface area contributed by atoms with Crippen molar-refractivity contribution in [3.63, 3.8) is 0 Å². The largest absolute Gasteiger partial charge is 0.309 e. The third-order valence-corrected chi connectivity index (χ3v) is 6.83. The molecule has 5 nitrogen and oxygen atoms in total. The van der Waals surface area contributed by atoms with E-state index in [1.165, 1.54) is 0 Å². The van der Waals surface area contributed by atoms with Crippen molar-refractivity contribution in [3.05, 3.63) is 125 Å². The van der Waals surface area contributed by atoms with Gasteiger partial charge in [-0.2, -0.15) is 21.0 Å². The molecule has 6 aromatic rings. The maximum atomic E-state index is 9.48. The van der Waals surface area contributed by atoms with Crippen LogP contribution in [0.3, 0.4) is 0 Å². The monoisotopic (exact) mass is 495 g/mol. The summed E-state index contributed by atoms with van der Waals surface area (Å²) in [4.78, 5) is 0. The third-order valence-electron chi connectivity index (χ3n) is 6.83. The number of para-hydroxylation sites is 1. The van der Waals surface area contributed by atoms with E-state index in [0.717, 1.165) is 49.7 Å². The summed E-state index contributed by atoms with van der Waals surface area (Å²) in [6.45, 7) is 0. The van der Waals surface area contributed by atoms with Gasteiger partial charge < -0.3 is 4.57 Å². The first-order valence-electron chi connectivity index (χ1n) is 12.2. The molecule has 6 rings (SSSR count). The highest BCUT2D eigenvalue weighted by molar-refractivity contribution is 6.11. The van der Waals surface area contributed by atoms with Gasteiger partial charge in [-0.1, -0.05) is 30.3 Å². The second-order valence-electron chi connectivity index (χ2n) is 9.18. The average Bonchev–Trinajstić information content (AvgIpc) is 3.33. The Kier molecular flexibility index (Phi) is 5.60. The maximum absolute atomic E-state index is 9.48. The predicted octanol–water partition coefficient (Wildman–Crippen LogP) is 7.60. The number of benzene rings is 5. The molecule has 0 N–H and O–H groups in total. The molecule has 178 valence electrons. The normalized spacial score (nSPS) is 10.5. The summed E-state index contributed by atoms with van der Waals surface area (Å²) < 4.78 is 2.21. The summed E-state index contributed by atoms with van der Waals surface area (Å²) >= 11 is 0. The van der Waals surface area contributed by atoms with Gasteiger partial charge in [0.15, 0.2) is 0 Å². The van der Waals surface area contributed by atoms with Crippen molar-refractivity contribution in [2.75, 3.05) is 0 Å². The lowest BCUT2D eigenvalue weighted by Crippen LogP contribution is -1.93. The van der Waals surface area contributed by atoms with Crippen LogP contribution in [0.2, 0.25) is 0 Å². The Balaban J connectivity index is 1.65. The van der Waals surface area contributed by atoms with Gasteiger partial charge in [0.25, 0.3) is 0 Å². The van der Waals surface area contributed by atoms with E-state index in [1.54, 1.807) is 36.4 Å². The topological polar surface area (TPSA) is 100 Å². The molecule has 0 aliphatic rings. The van der Waals surface area contributed by atoms with Crippen molar-refractivity contribution >= 4 is 21.8 Å². The highest BCUT2D eigenvalue weighted by Gasteiger charge is 2.15. The standard InChI is InChI=1S/C34H17N5/c35-18-22-10-23(19-36)13-28(12-22)26-6-8-33-31(16-26)32-17-27(29-14-24(20-37)11-25(15-29)21-38)7-9-34(32)39(33)30-4-2-1-3-5-30/h1-17H. The van der Waals surface area contributed by atoms with Crippen molar-refractivity contribution in [1.82, 2.24) is 4.57 Å².